The fourth-order valence-electron chi connectivity index (χ4n) is 4.99. The van der Waals surface area contributed by atoms with Gasteiger partial charge in [0.1, 0.15) is 5.82 Å². The van der Waals surface area contributed by atoms with Gasteiger partial charge in [0, 0.05) is 12.7 Å². The van der Waals surface area contributed by atoms with Gasteiger partial charge < -0.3 is 15.0 Å². The number of rotatable bonds is 5. The second-order valence-electron chi connectivity index (χ2n) is 10.0. The maximum atomic E-state index is 13.2. The second kappa shape index (κ2) is 9.50. The van der Waals surface area contributed by atoms with Gasteiger partial charge in [-0.25, -0.2) is 4.98 Å². The van der Waals surface area contributed by atoms with E-state index >= 15 is 0 Å². The highest BCUT2D eigenvalue weighted by Crippen LogP contribution is 2.52. The number of allylic oxidation sites excluding steroid dienone is 1. The van der Waals surface area contributed by atoms with Gasteiger partial charge in [-0.15, -0.1) is 0 Å². The number of benzene rings is 1. The molecule has 2 N–H and O–H groups in total. The highest BCUT2D eigenvalue weighted by atomic mass is 19.4. The molecule has 0 radical (unpaired) electrons. The van der Waals surface area contributed by atoms with Crippen molar-refractivity contribution < 1.29 is 23.1 Å². The van der Waals surface area contributed by atoms with Crippen LogP contribution in [0.15, 0.2) is 54.0 Å². The monoisotopic (exact) mass is 524 g/mol. The van der Waals surface area contributed by atoms with Gasteiger partial charge in [0.25, 0.3) is 11.5 Å². The minimum atomic E-state index is -4.60. The van der Waals surface area contributed by atoms with Crippen LogP contribution in [0.4, 0.5) is 13.2 Å². The van der Waals surface area contributed by atoms with Gasteiger partial charge in [0.05, 0.1) is 34.5 Å². The molecule has 2 aliphatic rings. The van der Waals surface area contributed by atoms with E-state index in [4.69, 9.17) is 4.98 Å². The normalized spacial score (nSPS) is 17.3. The molecule has 1 fully saturated rings. The SMILES string of the molecule is C=C(C)c1cc(C2(c3nc4c(c(=O)[nH]3)CN(C(=O)[C@H](O)c3cccc(C(F)(F)F)c3)CCC4)CC2)ccn1. The average Bonchev–Trinajstić information content (AvgIpc) is 3.72. The van der Waals surface area contributed by atoms with Crippen molar-refractivity contribution in [2.75, 3.05) is 6.54 Å². The van der Waals surface area contributed by atoms with Crippen molar-refractivity contribution in [3.8, 4) is 0 Å². The Balaban J connectivity index is 1.41. The molecule has 198 valence electrons. The molecule has 0 saturated heterocycles. The molecule has 10 heteroatoms. The molecule has 3 heterocycles. The number of H-pyrrole nitrogens is 1. The van der Waals surface area contributed by atoms with Crippen molar-refractivity contribution >= 4 is 11.5 Å². The van der Waals surface area contributed by atoms with Crippen LogP contribution < -0.4 is 5.56 Å². The second-order valence-corrected chi connectivity index (χ2v) is 10.0. The van der Waals surface area contributed by atoms with Crippen LogP contribution in [0, 0.1) is 0 Å². The number of aryl methyl sites for hydroxylation is 1. The number of alkyl halides is 3. The molecule has 1 amide bonds. The number of nitrogens with one attached hydrogen (secondary N) is 1. The van der Waals surface area contributed by atoms with E-state index in [0.29, 0.717) is 29.9 Å². The number of fused-ring (bicyclic) bond motifs is 1. The Kier molecular flexibility index (Phi) is 6.46. The Hall–Kier alpha value is -3.79. The molecule has 1 aromatic carbocycles. The van der Waals surface area contributed by atoms with E-state index < -0.39 is 29.2 Å². The van der Waals surface area contributed by atoms with Gasteiger partial charge in [-0.1, -0.05) is 18.7 Å². The molecule has 7 nitrogen and oxygen atoms in total. The van der Waals surface area contributed by atoms with E-state index in [1.807, 2.05) is 19.1 Å². The Morgan fingerprint density at radius 3 is 2.68 bits per heavy atom. The first kappa shape index (κ1) is 25.8. The molecule has 1 aliphatic carbocycles. The number of nitrogens with zero attached hydrogens (tertiary/aromatic N) is 3. The van der Waals surface area contributed by atoms with Crippen molar-refractivity contribution in [3.63, 3.8) is 0 Å². The lowest BCUT2D eigenvalue weighted by molar-refractivity contribution is -0.142. The number of amides is 1. The third-order valence-corrected chi connectivity index (χ3v) is 7.32. The molecule has 1 atom stereocenters. The number of aromatic nitrogens is 3. The molecular formula is C28H27F3N4O3. The number of pyridine rings is 1. The van der Waals surface area contributed by atoms with Gasteiger partial charge in [0.15, 0.2) is 6.10 Å². The lowest BCUT2D eigenvalue weighted by Crippen LogP contribution is -2.36. The Morgan fingerprint density at radius 1 is 1.24 bits per heavy atom. The van der Waals surface area contributed by atoms with E-state index in [2.05, 4.69) is 16.5 Å². The molecule has 1 saturated carbocycles. The summed E-state index contributed by atoms with van der Waals surface area (Å²) in [6.45, 7) is 5.98. The Labute approximate surface area is 217 Å². The maximum Gasteiger partial charge on any atom is 0.416 e. The topological polar surface area (TPSA) is 99.2 Å². The van der Waals surface area contributed by atoms with E-state index in [1.165, 1.54) is 11.0 Å². The maximum absolute atomic E-state index is 13.2. The van der Waals surface area contributed by atoms with Crippen molar-refractivity contribution in [1.82, 2.24) is 19.9 Å². The average molecular weight is 525 g/mol. The summed E-state index contributed by atoms with van der Waals surface area (Å²) >= 11 is 0. The summed E-state index contributed by atoms with van der Waals surface area (Å²) in [6.07, 6.45) is -2.07. The van der Waals surface area contributed by atoms with Crippen LogP contribution >= 0.6 is 0 Å². The first-order chi connectivity index (χ1) is 18.0. The van der Waals surface area contributed by atoms with E-state index in [1.54, 1.807) is 6.20 Å². The first-order valence-corrected chi connectivity index (χ1v) is 12.4. The Bertz CT molecular complexity index is 1480. The summed E-state index contributed by atoms with van der Waals surface area (Å²) in [4.78, 5) is 39.7. The van der Waals surface area contributed by atoms with Gasteiger partial charge in [-0.05, 0) is 73.6 Å². The molecule has 0 bridgehead atoms. The largest absolute Gasteiger partial charge is 0.416 e. The van der Waals surface area contributed by atoms with Crippen LogP contribution in [0.5, 0.6) is 0 Å². The Morgan fingerprint density at radius 2 is 2.00 bits per heavy atom. The number of hydrogen-bond donors (Lipinski definition) is 2. The fraction of sp³-hybridized carbons (Fsp3) is 0.357. The molecule has 2 aromatic heterocycles. The van der Waals surface area contributed by atoms with Gasteiger partial charge in [-0.2, -0.15) is 13.2 Å². The van der Waals surface area contributed by atoms with E-state index in [0.717, 1.165) is 47.9 Å². The lowest BCUT2D eigenvalue weighted by atomic mass is 9.94. The summed E-state index contributed by atoms with van der Waals surface area (Å²) in [5, 5.41) is 10.6. The van der Waals surface area contributed by atoms with Crippen molar-refractivity contribution in [1.29, 1.82) is 0 Å². The molecule has 0 unspecified atom stereocenters. The molecule has 1 aliphatic heterocycles. The number of carbonyl (C=O) groups is 1. The number of halogens is 3. The van der Waals surface area contributed by atoms with Gasteiger partial charge in [-0.3, -0.25) is 14.6 Å². The fourth-order valence-corrected chi connectivity index (χ4v) is 4.99. The first-order valence-electron chi connectivity index (χ1n) is 12.4. The zero-order valence-electron chi connectivity index (χ0n) is 20.8. The zero-order chi connectivity index (χ0) is 27.2. The van der Waals surface area contributed by atoms with Crippen LogP contribution in [-0.4, -0.2) is 37.4 Å². The summed E-state index contributed by atoms with van der Waals surface area (Å²) in [5.41, 5.74) is 1.65. The van der Waals surface area contributed by atoms with Gasteiger partial charge >= 0.3 is 6.18 Å². The van der Waals surface area contributed by atoms with Crippen LogP contribution in [0.25, 0.3) is 5.57 Å². The van der Waals surface area contributed by atoms with Crippen molar-refractivity contribution in [3.05, 3.63) is 99.0 Å². The predicted molar refractivity (Wildman–Crippen MR) is 134 cm³/mol. The lowest BCUT2D eigenvalue weighted by Gasteiger charge is -2.24. The van der Waals surface area contributed by atoms with Crippen LogP contribution in [0.1, 0.15) is 71.8 Å². The third kappa shape index (κ3) is 4.76. The van der Waals surface area contributed by atoms with Crippen LogP contribution in [0.2, 0.25) is 0 Å². The molecule has 3 aromatic rings. The number of aliphatic hydroxyl groups is 1. The third-order valence-electron chi connectivity index (χ3n) is 7.32. The quantitative estimate of drug-likeness (QED) is 0.519. The summed E-state index contributed by atoms with van der Waals surface area (Å²) in [6, 6.07) is 7.96. The van der Waals surface area contributed by atoms with Crippen molar-refractivity contribution in [2.24, 2.45) is 0 Å². The van der Waals surface area contributed by atoms with Crippen LogP contribution in [0.3, 0.4) is 0 Å². The molecule has 0 spiro atoms. The summed E-state index contributed by atoms with van der Waals surface area (Å²) in [5.74, 6) is -0.188. The highest BCUT2D eigenvalue weighted by molar-refractivity contribution is 5.82. The minimum absolute atomic E-state index is 0.0884. The zero-order valence-corrected chi connectivity index (χ0v) is 20.8. The minimum Gasteiger partial charge on any atom is -0.378 e. The number of aromatic amines is 1. The number of hydrogen-bond acceptors (Lipinski definition) is 5. The van der Waals surface area contributed by atoms with Gasteiger partial charge in [0.2, 0.25) is 0 Å². The summed E-state index contributed by atoms with van der Waals surface area (Å²) in [7, 11) is 0. The molecular weight excluding hydrogens is 497 g/mol. The van der Waals surface area contributed by atoms with E-state index in [9.17, 15) is 27.9 Å². The van der Waals surface area contributed by atoms with E-state index in [-0.39, 0.29) is 24.2 Å². The van der Waals surface area contributed by atoms with Crippen LogP contribution in [-0.2, 0) is 29.4 Å². The smallest absolute Gasteiger partial charge is 0.378 e. The molecule has 5 rings (SSSR count). The predicted octanol–water partition coefficient (Wildman–Crippen LogP) is 4.31. The van der Waals surface area contributed by atoms with Crippen molar-refractivity contribution in [2.45, 2.75) is 56.8 Å². The highest BCUT2D eigenvalue weighted by Gasteiger charge is 2.49. The standard InChI is InChI=1S/C28H27F3N4O3/c1-16(2)22-14-18(8-11-32-22)27(9-10-27)26-33-21-7-4-12-35(15-20(21)24(37)34-26)25(38)23(36)17-5-3-6-19(13-17)28(29,30)31/h3,5-6,8,11,13-14,23,36H,1,4,7,9-10,12,15H2,2H3,(H,33,34,37)/t23-/m1/s1. The number of carbonyl (C=O) groups excluding carboxylic acids is 1. The molecule has 38 heavy (non-hydrogen) atoms. The number of aliphatic hydroxyl groups excluding tert-OH is 1. The summed E-state index contributed by atoms with van der Waals surface area (Å²) < 4.78 is 39.3.